The second-order valence-corrected chi connectivity index (χ2v) is 8.63. The topological polar surface area (TPSA) is 92.7 Å². The van der Waals surface area contributed by atoms with Crippen molar-refractivity contribution >= 4 is 27.4 Å². The van der Waals surface area contributed by atoms with E-state index in [1.165, 1.54) is 12.1 Å². The van der Waals surface area contributed by atoms with Gasteiger partial charge in [-0.25, -0.2) is 18.1 Å². The van der Waals surface area contributed by atoms with Crippen LogP contribution in [0.15, 0.2) is 47.5 Å². The van der Waals surface area contributed by atoms with Crippen molar-refractivity contribution in [3.63, 3.8) is 0 Å². The van der Waals surface area contributed by atoms with Gasteiger partial charge in [0.25, 0.3) is 11.7 Å². The molecule has 0 atom stereocenters. The van der Waals surface area contributed by atoms with Gasteiger partial charge in [-0.15, -0.1) is 0 Å². The molecular formula is C20H27N4O3S+. The van der Waals surface area contributed by atoms with Crippen molar-refractivity contribution in [1.82, 2.24) is 4.72 Å². The molecule has 1 aromatic carbocycles. The molecular weight excluding hydrogens is 376 g/mol. The van der Waals surface area contributed by atoms with Gasteiger partial charge < -0.3 is 5.32 Å². The number of sulfonamides is 1. The predicted octanol–water partition coefficient (Wildman–Crippen LogP) is 2.43. The number of carbonyl (C=O) groups is 1. The van der Waals surface area contributed by atoms with E-state index in [0.29, 0.717) is 17.8 Å². The van der Waals surface area contributed by atoms with Crippen LogP contribution in [0, 0.1) is 0 Å². The molecule has 1 saturated heterocycles. The number of pyridine rings is 1. The lowest BCUT2D eigenvalue weighted by Gasteiger charge is -2.13. The Morgan fingerprint density at radius 3 is 2.71 bits per heavy atom. The molecule has 8 heteroatoms. The van der Waals surface area contributed by atoms with E-state index in [2.05, 4.69) is 19.9 Å². The fraction of sp³-hybridized carbons (Fsp3) is 0.400. The third-order valence-corrected chi connectivity index (χ3v) is 6.18. The normalized spacial score (nSPS) is 14.2. The fourth-order valence-corrected chi connectivity index (χ4v) is 4.34. The Labute approximate surface area is 166 Å². The molecule has 0 radical (unpaired) electrons. The van der Waals surface area contributed by atoms with Gasteiger partial charge in [0.15, 0.2) is 0 Å². The van der Waals surface area contributed by atoms with Crippen molar-refractivity contribution in [3.8, 4) is 0 Å². The smallest absolute Gasteiger partial charge is 0.287 e. The Balaban J connectivity index is 1.77. The molecule has 150 valence electrons. The van der Waals surface area contributed by atoms with E-state index in [-0.39, 0.29) is 10.8 Å². The van der Waals surface area contributed by atoms with Gasteiger partial charge in [0.05, 0.1) is 24.2 Å². The predicted molar refractivity (Wildman–Crippen MR) is 109 cm³/mol. The molecule has 0 spiro atoms. The number of carbonyl (C=O) groups excluding carboxylic acids is 1. The van der Waals surface area contributed by atoms with Crippen LogP contribution in [0.25, 0.3) is 0 Å². The quantitative estimate of drug-likeness (QED) is 0.662. The van der Waals surface area contributed by atoms with Crippen LogP contribution >= 0.6 is 0 Å². The molecule has 3 N–H and O–H groups in total. The number of aromatic amines is 1. The molecule has 1 fully saturated rings. The number of nitrogens with zero attached hydrogens (tertiary/aromatic N) is 1. The summed E-state index contributed by atoms with van der Waals surface area (Å²) in [6.45, 7) is 4.23. The highest BCUT2D eigenvalue weighted by molar-refractivity contribution is 7.89. The lowest BCUT2D eigenvalue weighted by atomic mass is 10.2. The molecule has 1 amide bonds. The molecule has 0 saturated carbocycles. The second kappa shape index (κ2) is 9.16. The van der Waals surface area contributed by atoms with E-state index in [9.17, 15) is 13.2 Å². The van der Waals surface area contributed by atoms with Crippen LogP contribution in [0.3, 0.4) is 0 Å². The number of hydrogen-bond acceptors (Lipinski definition) is 4. The lowest BCUT2D eigenvalue weighted by Crippen LogP contribution is -2.29. The number of unbranched alkanes of at least 4 members (excludes halogenated alkanes) is 1. The van der Waals surface area contributed by atoms with E-state index in [4.69, 9.17) is 0 Å². The summed E-state index contributed by atoms with van der Waals surface area (Å²) in [5.41, 5.74) is 0.985. The van der Waals surface area contributed by atoms with Crippen LogP contribution in [-0.4, -0.2) is 34.0 Å². The minimum absolute atomic E-state index is 0.140. The fourth-order valence-electron chi connectivity index (χ4n) is 3.22. The summed E-state index contributed by atoms with van der Waals surface area (Å²) in [6, 6.07) is 9.87. The van der Waals surface area contributed by atoms with Gasteiger partial charge >= 0.3 is 0 Å². The molecule has 2 aromatic rings. The maximum Gasteiger partial charge on any atom is 0.287 e. The Hall–Kier alpha value is -2.45. The molecule has 3 rings (SSSR count). The maximum atomic E-state index is 12.8. The first-order valence-electron chi connectivity index (χ1n) is 9.68. The summed E-state index contributed by atoms with van der Waals surface area (Å²) < 4.78 is 27.4. The van der Waals surface area contributed by atoms with E-state index < -0.39 is 10.0 Å². The first kappa shape index (κ1) is 20.3. The largest absolute Gasteiger partial charge is 0.322 e. The van der Waals surface area contributed by atoms with Gasteiger partial charge in [0, 0.05) is 12.2 Å². The third-order valence-electron chi connectivity index (χ3n) is 4.73. The van der Waals surface area contributed by atoms with Gasteiger partial charge in [-0.1, -0.05) is 19.4 Å². The Morgan fingerprint density at radius 2 is 1.96 bits per heavy atom. The Bertz CT molecular complexity index is 925. The van der Waals surface area contributed by atoms with E-state index >= 15 is 0 Å². The van der Waals surface area contributed by atoms with Gasteiger partial charge in [-0.05, 0) is 49.6 Å². The maximum absolute atomic E-state index is 12.8. The molecule has 0 unspecified atom stereocenters. The van der Waals surface area contributed by atoms with Crippen molar-refractivity contribution in [1.29, 1.82) is 0 Å². The molecule has 0 bridgehead atoms. The molecule has 1 aliphatic rings. The molecule has 0 aliphatic carbocycles. The summed E-state index contributed by atoms with van der Waals surface area (Å²) in [6.07, 6.45) is 5.70. The third kappa shape index (κ3) is 4.88. The highest BCUT2D eigenvalue weighted by Crippen LogP contribution is 2.21. The monoisotopic (exact) mass is 403 g/mol. The number of aromatic nitrogens is 1. The average molecular weight is 404 g/mol. The van der Waals surface area contributed by atoms with Crippen molar-refractivity contribution in [2.24, 2.45) is 0 Å². The average Bonchev–Trinajstić information content (AvgIpc) is 3.23. The lowest BCUT2D eigenvalue weighted by molar-refractivity contribution is -0.364. The highest BCUT2D eigenvalue weighted by Gasteiger charge is 2.27. The minimum atomic E-state index is -3.59. The van der Waals surface area contributed by atoms with Crippen LogP contribution in [0.5, 0.6) is 0 Å². The Kier molecular flexibility index (Phi) is 6.64. The highest BCUT2D eigenvalue weighted by atomic mass is 32.2. The number of anilines is 2. The molecule has 28 heavy (non-hydrogen) atoms. The van der Waals surface area contributed by atoms with Crippen molar-refractivity contribution in [2.75, 3.05) is 29.9 Å². The summed E-state index contributed by atoms with van der Waals surface area (Å²) in [5.74, 6) is 0.523. The first-order valence-corrected chi connectivity index (χ1v) is 11.2. The zero-order valence-corrected chi connectivity index (χ0v) is 16.9. The minimum Gasteiger partial charge on any atom is -0.322 e. The zero-order valence-electron chi connectivity index (χ0n) is 16.1. The summed E-state index contributed by atoms with van der Waals surface area (Å²) >= 11 is 0. The molecule has 1 aliphatic heterocycles. The van der Waals surface area contributed by atoms with E-state index in [1.54, 1.807) is 30.5 Å². The number of hydrogen-bond donors (Lipinski definition) is 2. The van der Waals surface area contributed by atoms with Crippen molar-refractivity contribution in [2.45, 2.75) is 37.5 Å². The standard InChI is InChI=1S/C20H26N4O3S/c1-2-3-12-22-28(26,27)17-9-6-8-16(15-17)23-20(25)18-10-7-11-21-19(18)24-13-4-5-14-24/h6-11,15,22H,2-5,12-14H2,1H3,(H,23,25)/p+1. The zero-order chi connectivity index (χ0) is 20.0. The van der Waals surface area contributed by atoms with E-state index in [1.807, 2.05) is 6.92 Å². The van der Waals surface area contributed by atoms with Gasteiger partial charge in [-0.3, -0.25) is 9.69 Å². The number of H-pyrrole nitrogens is 1. The van der Waals surface area contributed by atoms with Crippen molar-refractivity contribution < 1.29 is 18.2 Å². The number of benzene rings is 1. The van der Waals surface area contributed by atoms with Crippen LogP contribution in [-0.2, 0) is 10.0 Å². The number of amides is 1. The molecule has 2 heterocycles. The van der Waals surface area contributed by atoms with Gasteiger partial charge in [0.1, 0.15) is 5.56 Å². The molecule has 7 nitrogen and oxygen atoms in total. The van der Waals surface area contributed by atoms with Crippen LogP contribution in [0.1, 0.15) is 43.0 Å². The van der Waals surface area contributed by atoms with Crippen molar-refractivity contribution in [3.05, 3.63) is 48.2 Å². The second-order valence-electron chi connectivity index (χ2n) is 6.86. The van der Waals surface area contributed by atoms with Crippen LogP contribution in [0.2, 0.25) is 0 Å². The number of nitrogens with one attached hydrogen (secondary N) is 3. The van der Waals surface area contributed by atoms with Gasteiger partial charge in [0.2, 0.25) is 10.0 Å². The van der Waals surface area contributed by atoms with Crippen LogP contribution < -0.4 is 19.9 Å². The van der Waals surface area contributed by atoms with Crippen LogP contribution in [0.4, 0.5) is 11.5 Å². The van der Waals surface area contributed by atoms with E-state index in [0.717, 1.165) is 44.6 Å². The number of rotatable bonds is 8. The summed E-state index contributed by atoms with van der Waals surface area (Å²) in [5, 5.41) is 2.82. The SMILES string of the molecule is CCCCNS(=O)(=O)c1cccc(NC(=O)c2ccc[nH+]c2N2CCCC2)c1. The first-order chi connectivity index (χ1) is 13.5. The summed E-state index contributed by atoms with van der Waals surface area (Å²) in [4.78, 5) is 18.3. The van der Waals surface area contributed by atoms with Gasteiger partial charge in [-0.2, -0.15) is 0 Å². The molecule has 1 aromatic heterocycles. The summed E-state index contributed by atoms with van der Waals surface area (Å²) in [7, 11) is -3.59. The Morgan fingerprint density at radius 1 is 1.18 bits per heavy atom.